The molecule has 0 saturated heterocycles. The molecule has 1 amide bonds. The molecule has 0 aliphatic rings. The first-order chi connectivity index (χ1) is 16.3. The van der Waals surface area contributed by atoms with E-state index in [-0.39, 0.29) is 18.9 Å². The number of nitrogens with one attached hydrogen (secondary N) is 1. The van der Waals surface area contributed by atoms with Crippen molar-refractivity contribution in [2.24, 2.45) is 5.92 Å². The maximum Gasteiger partial charge on any atom is 0.303 e. The van der Waals surface area contributed by atoms with Crippen molar-refractivity contribution >= 4 is 34.0 Å². The fourth-order valence-corrected chi connectivity index (χ4v) is 3.86. The lowest BCUT2D eigenvalue weighted by atomic mass is 10.0. The second-order valence-corrected chi connectivity index (χ2v) is 8.98. The molecule has 1 aromatic heterocycles. The summed E-state index contributed by atoms with van der Waals surface area (Å²) >= 11 is 0. The van der Waals surface area contributed by atoms with Gasteiger partial charge >= 0.3 is 5.97 Å². The Bertz CT molecular complexity index is 1160. The van der Waals surface area contributed by atoms with Crippen molar-refractivity contribution in [3.8, 4) is 5.75 Å². The van der Waals surface area contributed by atoms with Gasteiger partial charge in [-0.1, -0.05) is 32.0 Å². The number of ether oxygens (including phenoxy) is 1. The highest BCUT2D eigenvalue weighted by Crippen LogP contribution is 2.26. The molecule has 180 valence electrons. The minimum atomic E-state index is -0.855. The maximum absolute atomic E-state index is 12.7. The van der Waals surface area contributed by atoms with Crippen molar-refractivity contribution in [2.75, 3.05) is 11.9 Å². The lowest BCUT2D eigenvalue weighted by Gasteiger charge is -2.12. The Kier molecular flexibility index (Phi) is 8.91. The number of carbonyl (C=O) groups excluding carboxylic acids is 1. The van der Waals surface area contributed by atoms with Crippen LogP contribution in [0.25, 0.3) is 16.5 Å². The van der Waals surface area contributed by atoms with Gasteiger partial charge in [-0.15, -0.1) is 0 Å². The predicted octanol–water partition coefficient (Wildman–Crippen LogP) is 6.36. The van der Waals surface area contributed by atoms with Gasteiger partial charge in [-0.05, 0) is 73.6 Å². The summed E-state index contributed by atoms with van der Waals surface area (Å²) in [6, 6.07) is 15.6. The molecular formula is C28H34N2O4. The third-order valence-corrected chi connectivity index (χ3v) is 5.69. The molecule has 2 aromatic carbocycles. The van der Waals surface area contributed by atoms with Crippen LogP contribution in [0.2, 0.25) is 0 Å². The van der Waals surface area contributed by atoms with Crippen molar-refractivity contribution in [3.05, 3.63) is 66.4 Å². The van der Waals surface area contributed by atoms with Crippen LogP contribution in [0.5, 0.6) is 5.75 Å². The molecule has 34 heavy (non-hydrogen) atoms. The van der Waals surface area contributed by atoms with E-state index in [1.165, 1.54) is 11.9 Å². The zero-order valence-corrected chi connectivity index (χ0v) is 20.2. The summed E-state index contributed by atoms with van der Waals surface area (Å²) in [4.78, 5) is 23.3. The minimum absolute atomic E-state index is 0.0438. The number of fused-ring (bicyclic) bond motifs is 1. The molecule has 1 heterocycles. The molecule has 0 spiro atoms. The molecule has 0 saturated carbocycles. The van der Waals surface area contributed by atoms with Crippen LogP contribution < -0.4 is 10.1 Å². The topological polar surface area (TPSA) is 80.6 Å². The van der Waals surface area contributed by atoms with E-state index in [9.17, 15) is 9.59 Å². The summed E-state index contributed by atoms with van der Waals surface area (Å²) in [5.74, 6) is 0.132. The van der Waals surface area contributed by atoms with Gasteiger partial charge in [0, 0.05) is 36.1 Å². The van der Waals surface area contributed by atoms with Crippen LogP contribution >= 0.6 is 0 Å². The number of carbonyl (C=O) groups is 2. The second kappa shape index (κ2) is 12.1. The Hall–Kier alpha value is -3.54. The number of hydrogen-bond acceptors (Lipinski definition) is 3. The number of aryl methyl sites for hydroxylation is 1. The summed E-state index contributed by atoms with van der Waals surface area (Å²) in [5, 5.41) is 12.8. The lowest BCUT2D eigenvalue weighted by molar-refractivity contribution is -0.137. The number of nitrogens with zero attached hydrogens (tertiary/aromatic N) is 1. The molecule has 0 atom stereocenters. The van der Waals surface area contributed by atoms with Crippen LogP contribution in [0.15, 0.2) is 60.8 Å². The average molecular weight is 463 g/mol. The molecule has 0 aliphatic carbocycles. The fraction of sp³-hybridized carbons (Fsp3) is 0.357. The van der Waals surface area contributed by atoms with Gasteiger partial charge in [0.05, 0.1) is 12.3 Å². The molecule has 0 fully saturated rings. The molecule has 2 N–H and O–H groups in total. The van der Waals surface area contributed by atoms with E-state index in [1.807, 2.05) is 19.1 Å². The van der Waals surface area contributed by atoms with Crippen molar-refractivity contribution < 1.29 is 19.4 Å². The molecule has 3 rings (SSSR count). The number of hydrogen-bond donors (Lipinski definition) is 2. The van der Waals surface area contributed by atoms with Crippen molar-refractivity contribution in [3.63, 3.8) is 0 Å². The monoisotopic (exact) mass is 462 g/mol. The fourth-order valence-electron chi connectivity index (χ4n) is 3.86. The molecule has 6 heteroatoms. The van der Waals surface area contributed by atoms with Crippen LogP contribution in [0.1, 0.15) is 52.0 Å². The largest absolute Gasteiger partial charge is 0.491 e. The summed E-state index contributed by atoms with van der Waals surface area (Å²) in [5.41, 5.74) is 3.63. The molecule has 0 radical (unpaired) electrons. The summed E-state index contributed by atoms with van der Waals surface area (Å²) in [7, 11) is 0. The predicted molar refractivity (Wildman–Crippen MR) is 137 cm³/mol. The third-order valence-electron chi connectivity index (χ3n) is 5.69. The molecule has 0 bridgehead atoms. The second-order valence-electron chi connectivity index (χ2n) is 8.98. The van der Waals surface area contributed by atoms with E-state index in [1.54, 1.807) is 18.2 Å². The van der Waals surface area contributed by atoms with Crippen molar-refractivity contribution in [2.45, 2.75) is 53.0 Å². The van der Waals surface area contributed by atoms with Crippen LogP contribution in [-0.4, -0.2) is 28.2 Å². The van der Waals surface area contributed by atoms with Gasteiger partial charge in [-0.2, -0.15) is 0 Å². The van der Waals surface area contributed by atoms with Crippen LogP contribution in [0.3, 0.4) is 0 Å². The van der Waals surface area contributed by atoms with Crippen LogP contribution in [0, 0.1) is 5.92 Å². The van der Waals surface area contributed by atoms with Gasteiger partial charge in [-0.25, -0.2) is 0 Å². The molecule has 0 unspecified atom stereocenters. The van der Waals surface area contributed by atoms with Gasteiger partial charge < -0.3 is 19.7 Å². The highest BCUT2D eigenvalue weighted by molar-refractivity contribution is 6.04. The number of rotatable bonds is 12. The Balaban J connectivity index is 1.65. The average Bonchev–Trinajstić information content (AvgIpc) is 3.19. The number of carboxylic acids is 1. The van der Waals surface area contributed by atoms with E-state index in [0.717, 1.165) is 29.5 Å². The van der Waals surface area contributed by atoms with Gasteiger partial charge in [-0.3, -0.25) is 9.59 Å². The highest BCUT2D eigenvalue weighted by atomic mass is 16.5. The Morgan fingerprint density at radius 3 is 2.68 bits per heavy atom. The van der Waals surface area contributed by atoms with E-state index in [0.29, 0.717) is 23.8 Å². The Labute approximate surface area is 201 Å². The van der Waals surface area contributed by atoms with Gasteiger partial charge in [0.1, 0.15) is 5.75 Å². The minimum Gasteiger partial charge on any atom is -0.491 e. The number of allylic oxidation sites excluding steroid dienone is 1. The first kappa shape index (κ1) is 25.1. The normalized spacial score (nSPS) is 11.7. The summed E-state index contributed by atoms with van der Waals surface area (Å²) < 4.78 is 7.96. The summed E-state index contributed by atoms with van der Waals surface area (Å²) in [6.07, 6.45) is 6.54. The highest BCUT2D eigenvalue weighted by Gasteiger charge is 2.09. The van der Waals surface area contributed by atoms with E-state index < -0.39 is 5.97 Å². The summed E-state index contributed by atoms with van der Waals surface area (Å²) in [6.45, 7) is 7.70. The zero-order chi connectivity index (χ0) is 24.5. The smallest absolute Gasteiger partial charge is 0.303 e. The molecule has 3 aromatic rings. The van der Waals surface area contributed by atoms with Gasteiger partial charge in [0.25, 0.3) is 0 Å². The van der Waals surface area contributed by atoms with Gasteiger partial charge in [0.15, 0.2) is 0 Å². The SMILES string of the molecule is C/C(=C\C(=O)Nc1ccccc1OCCCC(=O)O)c1ccc2c(ccn2CCCC(C)C)c1. The van der Waals surface area contributed by atoms with E-state index in [4.69, 9.17) is 9.84 Å². The number of carboxylic acid groups (broad SMARTS) is 1. The van der Waals surface area contributed by atoms with Crippen LogP contribution in [0.4, 0.5) is 5.69 Å². The molecule has 0 aliphatic heterocycles. The first-order valence-electron chi connectivity index (χ1n) is 11.9. The number of aromatic nitrogens is 1. The number of amides is 1. The van der Waals surface area contributed by atoms with E-state index in [2.05, 4.69) is 54.2 Å². The van der Waals surface area contributed by atoms with Crippen molar-refractivity contribution in [1.29, 1.82) is 0 Å². The quantitative estimate of drug-likeness (QED) is 0.242. The number of benzene rings is 2. The van der Waals surface area contributed by atoms with Crippen LogP contribution in [-0.2, 0) is 16.1 Å². The van der Waals surface area contributed by atoms with Gasteiger partial charge in [0.2, 0.25) is 5.91 Å². The number of aliphatic carboxylic acids is 1. The maximum atomic E-state index is 12.7. The number of anilines is 1. The third kappa shape index (κ3) is 7.24. The Morgan fingerprint density at radius 1 is 1.12 bits per heavy atom. The molecule has 6 nitrogen and oxygen atoms in total. The molecular weight excluding hydrogens is 428 g/mol. The van der Waals surface area contributed by atoms with Crippen molar-refractivity contribution in [1.82, 2.24) is 4.57 Å². The first-order valence-corrected chi connectivity index (χ1v) is 11.9. The lowest BCUT2D eigenvalue weighted by Crippen LogP contribution is -2.11. The standard InChI is InChI=1S/C28H34N2O4/c1-20(2)8-6-15-30-16-14-23-19-22(12-13-25(23)30)21(3)18-27(31)29-24-9-4-5-10-26(24)34-17-7-11-28(32)33/h4-5,9-10,12-14,16,18-20H,6-8,11,15,17H2,1-3H3,(H,29,31)(H,32,33)/b21-18+. The van der Waals surface area contributed by atoms with E-state index >= 15 is 0 Å². The zero-order valence-electron chi connectivity index (χ0n) is 20.2. The number of para-hydroxylation sites is 2. The Morgan fingerprint density at radius 2 is 1.91 bits per heavy atom.